The number of hydrogen-bond acceptors (Lipinski definition) is 5. The second-order valence-electron chi connectivity index (χ2n) is 4.24. The molecule has 2 heterocycles. The predicted octanol–water partition coefficient (Wildman–Crippen LogP) is 3.68. The summed E-state index contributed by atoms with van der Waals surface area (Å²) < 4.78 is 10.9. The van der Waals surface area contributed by atoms with Crippen molar-refractivity contribution >= 4 is 17.3 Å². The molecule has 0 fully saturated rings. The number of benzene rings is 1. The number of aromatic nitrogens is 1. The third-order valence-electron chi connectivity index (χ3n) is 2.75. The molecule has 5 nitrogen and oxygen atoms in total. The second kappa shape index (κ2) is 5.80. The van der Waals surface area contributed by atoms with Crippen molar-refractivity contribution in [1.82, 2.24) is 4.98 Å². The SMILES string of the molecule is O=C(O)c1cccc(OCc2coc(-c3cccs3)n2)c1. The van der Waals surface area contributed by atoms with E-state index >= 15 is 0 Å². The maximum absolute atomic E-state index is 10.9. The quantitative estimate of drug-likeness (QED) is 0.778. The summed E-state index contributed by atoms with van der Waals surface area (Å²) >= 11 is 1.55. The number of hydrogen-bond donors (Lipinski definition) is 1. The molecule has 0 saturated heterocycles. The fourth-order valence-electron chi connectivity index (χ4n) is 1.76. The Bertz CT molecular complexity index is 749. The minimum atomic E-state index is -0.984. The fraction of sp³-hybridized carbons (Fsp3) is 0.0667. The maximum Gasteiger partial charge on any atom is 0.335 e. The number of aromatic carboxylic acids is 1. The zero-order valence-electron chi connectivity index (χ0n) is 10.9. The summed E-state index contributed by atoms with van der Waals surface area (Å²) in [7, 11) is 0. The van der Waals surface area contributed by atoms with Crippen LogP contribution in [0.5, 0.6) is 5.75 Å². The van der Waals surface area contributed by atoms with E-state index in [9.17, 15) is 4.79 Å². The molecule has 0 unspecified atom stereocenters. The molecule has 0 aliphatic rings. The fourth-order valence-corrected chi connectivity index (χ4v) is 2.42. The van der Waals surface area contributed by atoms with Crippen LogP contribution in [0.3, 0.4) is 0 Å². The average molecular weight is 301 g/mol. The van der Waals surface area contributed by atoms with E-state index in [1.807, 2.05) is 17.5 Å². The van der Waals surface area contributed by atoms with Crippen LogP contribution in [0.4, 0.5) is 0 Å². The molecule has 106 valence electrons. The summed E-state index contributed by atoms with van der Waals surface area (Å²) in [5.74, 6) is 0.0559. The molecule has 0 amide bonds. The Morgan fingerprint density at radius 1 is 1.33 bits per heavy atom. The van der Waals surface area contributed by atoms with Gasteiger partial charge in [-0.05, 0) is 29.6 Å². The van der Waals surface area contributed by atoms with Crippen molar-refractivity contribution in [2.24, 2.45) is 0 Å². The normalized spacial score (nSPS) is 10.5. The number of carboxylic acid groups (broad SMARTS) is 1. The zero-order chi connectivity index (χ0) is 14.7. The van der Waals surface area contributed by atoms with Crippen molar-refractivity contribution in [3.8, 4) is 16.5 Å². The third kappa shape index (κ3) is 3.11. The summed E-state index contributed by atoms with van der Waals surface area (Å²) in [4.78, 5) is 16.2. The number of carbonyl (C=O) groups is 1. The van der Waals surface area contributed by atoms with Gasteiger partial charge in [0.25, 0.3) is 0 Å². The Balaban J connectivity index is 1.68. The highest BCUT2D eigenvalue weighted by atomic mass is 32.1. The molecule has 0 aliphatic heterocycles. The lowest BCUT2D eigenvalue weighted by Crippen LogP contribution is -1.99. The van der Waals surface area contributed by atoms with E-state index in [0.29, 0.717) is 17.3 Å². The molecule has 0 aliphatic carbocycles. The van der Waals surface area contributed by atoms with Gasteiger partial charge in [-0.25, -0.2) is 9.78 Å². The van der Waals surface area contributed by atoms with Gasteiger partial charge >= 0.3 is 5.97 Å². The predicted molar refractivity (Wildman–Crippen MR) is 77.5 cm³/mol. The minimum absolute atomic E-state index is 0.187. The molecule has 21 heavy (non-hydrogen) atoms. The van der Waals surface area contributed by atoms with Crippen LogP contribution in [-0.2, 0) is 6.61 Å². The van der Waals surface area contributed by atoms with E-state index < -0.39 is 5.97 Å². The molecule has 0 radical (unpaired) electrons. The molecular weight excluding hydrogens is 290 g/mol. The topological polar surface area (TPSA) is 72.6 Å². The molecule has 6 heteroatoms. The molecular formula is C15H11NO4S. The van der Waals surface area contributed by atoms with Crippen LogP contribution in [0.25, 0.3) is 10.8 Å². The smallest absolute Gasteiger partial charge is 0.335 e. The van der Waals surface area contributed by atoms with Gasteiger partial charge in [0, 0.05) is 0 Å². The number of nitrogens with zero attached hydrogens (tertiary/aromatic N) is 1. The van der Waals surface area contributed by atoms with Gasteiger partial charge in [-0.3, -0.25) is 0 Å². The lowest BCUT2D eigenvalue weighted by atomic mass is 10.2. The van der Waals surface area contributed by atoms with Gasteiger partial charge in [-0.1, -0.05) is 12.1 Å². The van der Waals surface area contributed by atoms with Crippen molar-refractivity contribution in [1.29, 1.82) is 0 Å². The third-order valence-corrected chi connectivity index (χ3v) is 3.61. The number of rotatable bonds is 5. The molecule has 1 aromatic carbocycles. The van der Waals surface area contributed by atoms with Crippen molar-refractivity contribution in [3.63, 3.8) is 0 Å². The van der Waals surface area contributed by atoms with Gasteiger partial charge < -0.3 is 14.3 Å². The first kappa shape index (κ1) is 13.4. The summed E-state index contributed by atoms with van der Waals surface area (Å²) in [6.45, 7) is 0.220. The standard InChI is InChI=1S/C15H11NO4S/c17-15(18)10-3-1-4-12(7-10)19-8-11-9-20-14(16-11)13-5-2-6-21-13/h1-7,9H,8H2,(H,17,18). The first-order valence-electron chi connectivity index (χ1n) is 6.17. The van der Waals surface area contributed by atoms with Crippen LogP contribution in [0.1, 0.15) is 16.1 Å². The van der Waals surface area contributed by atoms with Gasteiger partial charge in [0.15, 0.2) is 0 Å². The highest BCUT2D eigenvalue weighted by molar-refractivity contribution is 7.13. The Morgan fingerprint density at radius 2 is 2.24 bits per heavy atom. The lowest BCUT2D eigenvalue weighted by molar-refractivity contribution is 0.0696. The Labute approximate surface area is 124 Å². The Kier molecular flexibility index (Phi) is 3.70. The lowest BCUT2D eigenvalue weighted by Gasteiger charge is -2.04. The Hall–Kier alpha value is -2.60. The molecule has 0 bridgehead atoms. The summed E-state index contributed by atoms with van der Waals surface area (Å²) in [5.41, 5.74) is 0.839. The van der Waals surface area contributed by atoms with E-state index in [-0.39, 0.29) is 12.2 Å². The summed E-state index contributed by atoms with van der Waals surface area (Å²) in [5, 5.41) is 10.9. The van der Waals surface area contributed by atoms with Gasteiger partial charge in [0.1, 0.15) is 24.3 Å². The van der Waals surface area contributed by atoms with Crippen molar-refractivity contribution in [3.05, 3.63) is 59.3 Å². The number of ether oxygens (including phenoxy) is 1. The molecule has 0 spiro atoms. The maximum atomic E-state index is 10.9. The summed E-state index contributed by atoms with van der Waals surface area (Å²) in [6, 6.07) is 10.2. The number of carboxylic acids is 1. The van der Waals surface area contributed by atoms with Crippen LogP contribution >= 0.6 is 11.3 Å². The molecule has 3 aromatic rings. The van der Waals surface area contributed by atoms with Gasteiger partial charge in [-0.2, -0.15) is 0 Å². The van der Waals surface area contributed by atoms with Crippen LogP contribution in [0.2, 0.25) is 0 Å². The van der Waals surface area contributed by atoms with Gasteiger partial charge in [0.05, 0.1) is 10.4 Å². The van der Waals surface area contributed by atoms with E-state index in [1.165, 1.54) is 18.4 Å². The van der Waals surface area contributed by atoms with Crippen molar-refractivity contribution < 1.29 is 19.1 Å². The van der Waals surface area contributed by atoms with E-state index in [2.05, 4.69) is 4.98 Å². The highest BCUT2D eigenvalue weighted by Crippen LogP contribution is 2.24. The zero-order valence-corrected chi connectivity index (χ0v) is 11.7. The summed E-state index contributed by atoms with van der Waals surface area (Å²) in [6.07, 6.45) is 1.54. The number of thiophene rings is 1. The van der Waals surface area contributed by atoms with Crippen LogP contribution in [0.15, 0.2) is 52.5 Å². The highest BCUT2D eigenvalue weighted by Gasteiger charge is 2.09. The van der Waals surface area contributed by atoms with Crippen molar-refractivity contribution in [2.45, 2.75) is 6.61 Å². The van der Waals surface area contributed by atoms with Crippen LogP contribution in [-0.4, -0.2) is 16.1 Å². The van der Waals surface area contributed by atoms with Gasteiger partial charge in [-0.15, -0.1) is 11.3 Å². The molecule has 1 N–H and O–H groups in total. The monoisotopic (exact) mass is 301 g/mol. The van der Waals surface area contributed by atoms with Gasteiger partial charge in [0.2, 0.25) is 5.89 Å². The van der Waals surface area contributed by atoms with Crippen molar-refractivity contribution in [2.75, 3.05) is 0 Å². The molecule has 3 rings (SSSR count). The minimum Gasteiger partial charge on any atom is -0.487 e. The van der Waals surface area contributed by atoms with E-state index in [4.69, 9.17) is 14.3 Å². The first-order chi connectivity index (χ1) is 10.2. The molecule has 0 atom stereocenters. The van der Waals surface area contributed by atoms with E-state index in [1.54, 1.807) is 23.5 Å². The average Bonchev–Trinajstić information content (AvgIpc) is 3.16. The van der Waals surface area contributed by atoms with E-state index in [0.717, 1.165) is 4.88 Å². The molecule has 2 aromatic heterocycles. The Morgan fingerprint density at radius 3 is 3.00 bits per heavy atom. The first-order valence-corrected chi connectivity index (χ1v) is 7.05. The second-order valence-corrected chi connectivity index (χ2v) is 5.19. The van der Waals surface area contributed by atoms with Crippen LogP contribution in [0, 0.1) is 0 Å². The number of oxazole rings is 1. The molecule has 0 saturated carbocycles. The largest absolute Gasteiger partial charge is 0.487 e. The van der Waals surface area contributed by atoms with Crippen LogP contribution < -0.4 is 4.74 Å².